The summed E-state index contributed by atoms with van der Waals surface area (Å²) in [5.74, 6) is -1.46. The molecule has 0 aliphatic carbocycles. The van der Waals surface area contributed by atoms with E-state index in [1.54, 1.807) is 0 Å². The van der Waals surface area contributed by atoms with Gasteiger partial charge in [-0.2, -0.15) is 0 Å². The van der Waals surface area contributed by atoms with Gasteiger partial charge in [-0.3, -0.25) is 19.3 Å². The summed E-state index contributed by atoms with van der Waals surface area (Å²) in [5, 5.41) is 8.97. The van der Waals surface area contributed by atoms with Crippen LogP contribution in [-0.4, -0.2) is 33.8 Å². The third kappa shape index (κ3) is 3.55. The van der Waals surface area contributed by atoms with Crippen molar-refractivity contribution < 1.29 is 19.5 Å². The maximum atomic E-state index is 12.0. The first-order chi connectivity index (χ1) is 8.23. The number of aliphatic carboxylic acids is 1. The molecule has 1 N–H and O–H groups in total. The van der Waals surface area contributed by atoms with Crippen molar-refractivity contribution in [2.75, 3.05) is 0 Å². The van der Waals surface area contributed by atoms with E-state index in [1.165, 1.54) is 4.90 Å². The van der Waals surface area contributed by atoms with E-state index in [2.05, 4.69) is 0 Å². The number of nitrogens with zero attached hydrogens (tertiary/aromatic N) is 1. The number of hydrogen-bond donors (Lipinski definition) is 1. The van der Waals surface area contributed by atoms with E-state index in [4.69, 9.17) is 5.11 Å². The van der Waals surface area contributed by atoms with Crippen LogP contribution in [0.25, 0.3) is 0 Å². The van der Waals surface area contributed by atoms with Crippen molar-refractivity contribution in [2.45, 2.75) is 58.9 Å². The van der Waals surface area contributed by atoms with E-state index >= 15 is 0 Å². The maximum absolute atomic E-state index is 12.0. The molecule has 0 saturated carbocycles. The zero-order valence-electron chi connectivity index (χ0n) is 11.2. The molecule has 0 aromatic rings. The Balaban J connectivity index is 3.04. The zero-order valence-corrected chi connectivity index (χ0v) is 11.2. The molecule has 1 heterocycles. The molecule has 1 aliphatic rings. The van der Waals surface area contributed by atoms with Crippen molar-refractivity contribution in [3.05, 3.63) is 0 Å². The quantitative estimate of drug-likeness (QED) is 0.780. The van der Waals surface area contributed by atoms with E-state index in [9.17, 15) is 14.4 Å². The number of likely N-dealkylation sites (tertiary alicyclic amines) is 1. The number of carboxylic acids is 1. The normalized spacial score (nSPS) is 19.6. The standard InChI is InChI=1S/C13H21NO4/c1-13(2,3)9(8-12(17)18)14-10(15)6-4-5-7-11(14)16/h9H,4-8H2,1-3H3,(H,17,18). The van der Waals surface area contributed by atoms with Crippen LogP contribution in [0.3, 0.4) is 0 Å². The summed E-state index contributed by atoms with van der Waals surface area (Å²) >= 11 is 0. The lowest BCUT2D eigenvalue weighted by Crippen LogP contribution is -2.50. The predicted octanol–water partition coefficient (Wildman–Crippen LogP) is 1.80. The molecule has 1 rings (SSSR count). The highest BCUT2D eigenvalue weighted by Crippen LogP contribution is 2.30. The van der Waals surface area contributed by atoms with E-state index < -0.39 is 17.4 Å². The van der Waals surface area contributed by atoms with Crippen LogP contribution in [0.15, 0.2) is 0 Å². The Morgan fingerprint density at radius 2 is 1.67 bits per heavy atom. The van der Waals surface area contributed by atoms with Gasteiger partial charge in [0.25, 0.3) is 0 Å². The molecule has 1 unspecified atom stereocenters. The van der Waals surface area contributed by atoms with Crippen LogP contribution < -0.4 is 0 Å². The average molecular weight is 255 g/mol. The van der Waals surface area contributed by atoms with E-state index in [-0.39, 0.29) is 18.2 Å². The highest BCUT2D eigenvalue weighted by atomic mass is 16.4. The van der Waals surface area contributed by atoms with Gasteiger partial charge in [-0.05, 0) is 18.3 Å². The molecule has 1 atom stereocenters. The highest BCUT2D eigenvalue weighted by molar-refractivity contribution is 5.96. The van der Waals surface area contributed by atoms with Gasteiger partial charge in [0.05, 0.1) is 12.5 Å². The van der Waals surface area contributed by atoms with Crippen LogP contribution in [0.5, 0.6) is 0 Å². The van der Waals surface area contributed by atoms with E-state index in [0.717, 1.165) is 0 Å². The molecule has 0 spiro atoms. The molecule has 0 bridgehead atoms. The van der Waals surface area contributed by atoms with Gasteiger partial charge >= 0.3 is 5.97 Å². The minimum atomic E-state index is -0.986. The molecule has 5 heteroatoms. The summed E-state index contributed by atoms with van der Waals surface area (Å²) in [6.07, 6.45) is 1.87. The Morgan fingerprint density at radius 3 is 2.00 bits per heavy atom. The molecular formula is C13H21NO4. The number of carbonyl (C=O) groups is 3. The topological polar surface area (TPSA) is 74.7 Å². The van der Waals surface area contributed by atoms with Gasteiger partial charge in [0.2, 0.25) is 11.8 Å². The Hall–Kier alpha value is -1.39. The van der Waals surface area contributed by atoms with Gasteiger partial charge in [-0.15, -0.1) is 0 Å². The summed E-state index contributed by atoms with van der Waals surface area (Å²) in [7, 11) is 0. The van der Waals surface area contributed by atoms with Crippen molar-refractivity contribution in [1.82, 2.24) is 4.90 Å². The number of amides is 2. The first-order valence-corrected chi connectivity index (χ1v) is 6.30. The summed E-state index contributed by atoms with van der Waals surface area (Å²) in [6, 6.07) is -0.576. The molecule has 5 nitrogen and oxygen atoms in total. The van der Waals surface area contributed by atoms with Crippen LogP contribution in [-0.2, 0) is 14.4 Å². The largest absolute Gasteiger partial charge is 0.481 e. The first kappa shape index (κ1) is 14.7. The van der Waals surface area contributed by atoms with Crippen molar-refractivity contribution in [3.63, 3.8) is 0 Å². The molecule has 0 aromatic heterocycles. The summed E-state index contributed by atoms with van der Waals surface area (Å²) in [5.41, 5.74) is -0.436. The van der Waals surface area contributed by atoms with Crippen LogP contribution >= 0.6 is 0 Å². The molecule has 1 saturated heterocycles. The maximum Gasteiger partial charge on any atom is 0.305 e. The fraction of sp³-hybridized carbons (Fsp3) is 0.769. The monoisotopic (exact) mass is 255 g/mol. The fourth-order valence-electron chi connectivity index (χ4n) is 2.23. The highest BCUT2D eigenvalue weighted by Gasteiger charge is 2.39. The number of imide groups is 1. The third-order valence-electron chi connectivity index (χ3n) is 3.25. The molecule has 1 aliphatic heterocycles. The SMILES string of the molecule is CC(C)(C)C(CC(=O)O)N1C(=O)CCCCC1=O. The number of hydrogen-bond acceptors (Lipinski definition) is 3. The number of rotatable bonds is 3. The molecular weight excluding hydrogens is 234 g/mol. The van der Waals surface area contributed by atoms with Crippen LogP contribution in [0, 0.1) is 5.41 Å². The Kier molecular flexibility index (Phi) is 4.48. The van der Waals surface area contributed by atoms with Crippen LogP contribution in [0.2, 0.25) is 0 Å². The van der Waals surface area contributed by atoms with Crippen LogP contribution in [0.4, 0.5) is 0 Å². The Morgan fingerprint density at radius 1 is 1.22 bits per heavy atom. The lowest BCUT2D eigenvalue weighted by Gasteiger charge is -2.37. The summed E-state index contributed by atoms with van der Waals surface area (Å²) in [6.45, 7) is 5.56. The van der Waals surface area contributed by atoms with Gasteiger partial charge < -0.3 is 5.11 Å². The summed E-state index contributed by atoms with van der Waals surface area (Å²) in [4.78, 5) is 36.2. The molecule has 18 heavy (non-hydrogen) atoms. The molecule has 1 fully saturated rings. The Bertz CT molecular complexity index is 338. The van der Waals surface area contributed by atoms with E-state index in [1.807, 2.05) is 20.8 Å². The lowest BCUT2D eigenvalue weighted by atomic mass is 9.83. The lowest BCUT2D eigenvalue weighted by molar-refractivity contribution is -0.152. The molecule has 2 amide bonds. The second-order valence-corrected chi connectivity index (χ2v) is 5.84. The molecule has 0 aromatic carbocycles. The second kappa shape index (κ2) is 5.50. The molecule has 102 valence electrons. The molecule has 0 radical (unpaired) electrons. The minimum absolute atomic E-state index is 0.193. The number of carbonyl (C=O) groups excluding carboxylic acids is 2. The first-order valence-electron chi connectivity index (χ1n) is 6.30. The number of carboxylic acid groups (broad SMARTS) is 1. The predicted molar refractivity (Wildman–Crippen MR) is 65.8 cm³/mol. The fourth-order valence-corrected chi connectivity index (χ4v) is 2.23. The van der Waals surface area contributed by atoms with Gasteiger partial charge in [-0.25, -0.2) is 0 Å². The summed E-state index contributed by atoms with van der Waals surface area (Å²) < 4.78 is 0. The van der Waals surface area contributed by atoms with Gasteiger partial charge in [-0.1, -0.05) is 20.8 Å². The van der Waals surface area contributed by atoms with Crippen molar-refractivity contribution in [3.8, 4) is 0 Å². The van der Waals surface area contributed by atoms with Crippen molar-refractivity contribution in [2.24, 2.45) is 5.41 Å². The second-order valence-electron chi connectivity index (χ2n) is 5.84. The third-order valence-corrected chi connectivity index (χ3v) is 3.25. The van der Waals surface area contributed by atoms with Gasteiger partial charge in [0, 0.05) is 12.8 Å². The average Bonchev–Trinajstić information content (AvgIpc) is 2.36. The zero-order chi connectivity index (χ0) is 13.9. The van der Waals surface area contributed by atoms with Crippen molar-refractivity contribution >= 4 is 17.8 Å². The van der Waals surface area contributed by atoms with Crippen LogP contribution in [0.1, 0.15) is 52.9 Å². The van der Waals surface area contributed by atoms with Gasteiger partial charge in [0.1, 0.15) is 0 Å². The van der Waals surface area contributed by atoms with E-state index in [0.29, 0.717) is 25.7 Å². The van der Waals surface area contributed by atoms with Crippen molar-refractivity contribution in [1.29, 1.82) is 0 Å². The Labute approximate surface area is 107 Å². The van der Waals surface area contributed by atoms with Gasteiger partial charge in [0.15, 0.2) is 0 Å². The minimum Gasteiger partial charge on any atom is -0.481 e. The smallest absolute Gasteiger partial charge is 0.305 e.